The minimum absolute atomic E-state index is 0.0909. The number of amides is 3. The number of nitrogens with one attached hydrogen (secondary N) is 1. The Morgan fingerprint density at radius 1 is 0.952 bits per heavy atom. The Morgan fingerprint density at radius 3 is 1.95 bits per heavy atom. The lowest BCUT2D eigenvalue weighted by Crippen LogP contribution is -2.63. The smallest absolute Gasteiger partial charge is 0.317 e. The van der Waals surface area contributed by atoms with Crippen LogP contribution in [0.1, 0.15) is 38.5 Å². The molecule has 21 heavy (non-hydrogen) atoms. The van der Waals surface area contributed by atoms with Crippen molar-refractivity contribution in [2.45, 2.75) is 44.1 Å². The molecule has 1 N–H and O–H groups in total. The summed E-state index contributed by atoms with van der Waals surface area (Å²) in [5.74, 6) is 2.55. The Bertz CT molecular complexity index is 408. The zero-order valence-corrected chi connectivity index (χ0v) is 12.6. The van der Waals surface area contributed by atoms with Gasteiger partial charge < -0.3 is 15.1 Å². The number of nitrogens with zero attached hydrogens (tertiary/aromatic N) is 2. The van der Waals surface area contributed by atoms with E-state index in [1.54, 1.807) is 4.90 Å². The van der Waals surface area contributed by atoms with Gasteiger partial charge >= 0.3 is 6.03 Å². The van der Waals surface area contributed by atoms with Gasteiger partial charge in [0, 0.05) is 31.7 Å². The van der Waals surface area contributed by atoms with Crippen molar-refractivity contribution in [3.05, 3.63) is 0 Å². The molecule has 0 aromatic rings. The first-order valence-corrected chi connectivity index (χ1v) is 8.42. The Hall–Kier alpha value is -1.26. The highest BCUT2D eigenvalue weighted by molar-refractivity contribution is 5.75. The van der Waals surface area contributed by atoms with Crippen LogP contribution in [0.25, 0.3) is 0 Å². The Kier molecular flexibility index (Phi) is 3.12. The van der Waals surface area contributed by atoms with Crippen LogP contribution in [0.3, 0.4) is 0 Å². The highest BCUT2D eigenvalue weighted by atomic mass is 16.2. The highest BCUT2D eigenvalue weighted by Crippen LogP contribution is 2.55. The van der Waals surface area contributed by atoms with E-state index in [9.17, 15) is 9.59 Å². The van der Waals surface area contributed by atoms with Crippen molar-refractivity contribution in [1.82, 2.24) is 15.1 Å². The molecule has 116 valence electrons. The van der Waals surface area contributed by atoms with Gasteiger partial charge in [-0.05, 0) is 56.3 Å². The van der Waals surface area contributed by atoms with Gasteiger partial charge in [-0.15, -0.1) is 0 Å². The van der Waals surface area contributed by atoms with Gasteiger partial charge in [0.25, 0.3) is 0 Å². The van der Waals surface area contributed by atoms with E-state index in [0.29, 0.717) is 26.2 Å². The standard InChI is InChI=1S/C16H25N3O2/c20-11-18-1-3-19(4-2-18)15(21)17-16-8-12-5-13(9-16)7-14(6-12)10-16/h11-14H,1-10H2,(H,17,21). The van der Waals surface area contributed by atoms with Gasteiger partial charge in [-0.25, -0.2) is 4.79 Å². The van der Waals surface area contributed by atoms with Crippen LogP contribution < -0.4 is 5.32 Å². The molecule has 0 spiro atoms. The summed E-state index contributed by atoms with van der Waals surface area (Å²) in [4.78, 5) is 27.0. The van der Waals surface area contributed by atoms with Crippen LogP contribution >= 0.6 is 0 Å². The monoisotopic (exact) mass is 291 g/mol. The second-order valence-electron chi connectivity index (χ2n) is 7.76. The average molecular weight is 291 g/mol. The largest absolute Gasteiger partial charge is 0.342 e. The van der Waals surface area contributed by atoms with Crippen LogP contribution in [0, 0.1) is 17.8 Å². The number of rotatable bonds is 2. The third-order valence-electron chi connectivity index (χ3n) is 6.16. The molecule has 4 bridgehead atoms. The molecule has 5 heteroatoms. The van der Waals surface area contributed by atoms with Gasteiger partial charge in [0.2, 0.25) is 6.41 Å². The number of carbonyl (C=O) groups excluding carboxylic acids is 2. The van der Waals surface area contributed by atoms with Gasteiger partial charge in [0.05, 0.1) is 0 Å². The second kappa shape index (κ2) is 4.89. The third kappa shape index (κ3) is 2.40. The Morgan fingerprint density at radius 2 is 1.48 bits per heavy atom. The van der Waals surface area contributed by atoms with Crippen molar-refractivity contribution in [3.63, 3.8) is 0 Å². The van der Waals surface area contributed by atoms with Gasteiger partial charge in [0.1, 0.15) is 0 Å². The van der Waals surface area contributed by atoms with Crippen molar-refractivity contribution >= 4 is 12.4 Å². The molecule has 4 aliphatic carbocycles. The molecule has 1 aliphatic heterocycles. The van der Waals surface area contributed by atoms with Crippen molar-refractivity contribution in [2.24, 2.45) is 17.8 Å². The van der Waals surface area contributed by atoms with Crippen molar-refractivity contribution in [1.29, 1.82) is 0 Å². The van der Waals surface area contributed by atoms with Crippen LogP contribution in [0.5, 0.6) is 0 Å². The average Bonchev–Trinajstić information content (AvgIpc) is 2.45. The summed E-state index contributed by atoms with van der Waals surface area (Å²) in [7, 11) is 0. The van der Waals surface area contributed by atoms with Gasteiger partial charge in [-0.1, -0.05) is 0 Å². The molecular weight excluding hydrogens is 266 g/mol. The molecule has 5 fully saturated rings. The summed E-state index contributed by atoms with van der Waals surface area (Å²) in [6.07, 6.45) is 8.65. The fourth-order valence-electron chi connectivity index (χ4n) is 5.60. The zero-order chi connectivity index (χ0) is 14.4. The second-order valence-corrected chi connectivity index (χ2v) is 7.76. The molecule has 5 aliphatic rings. The van der Waals surface area contributed by atoms with Crippen LogP contribution in [0.4, 0.5) is 4.79 Å². The summed E-state index contributed by atoms with van der Waals surface area (Å²) >= 11 is 0. The number of urea groups is 1. The fourth-order valence-corrected chi connectivity index (χ4v) is 5.60. The fraction of sp³-hybridized carbons (Fsp3) is 0.875. The molecule has 1 saturated heterocycles. The van der Waals surface area contributed by atoms with Crippen molar-refractivity contribution in [2.75, 3.05) is 26.2 Å². The van der Waals surface area contributed by atoms with E-state index < -0.39 is 0 Å². The first-order valence-electron chi connectivity index (χ1n) is 8.42. The van der Waals surface area contributed by atoms with Gasteiger partial charge in [0.15, 0.2) is 0 Å². The lowest BCUT2D eigenvalue weighted by molar-refractivity contribution is -0.119. The highest BCUT2D eigenvalue weighted by Gasteiger charge is 2.51. The number of hydrogen-bond donors (Lipinski definition) is 1. The molecule has 0 radical (unpaired) electrons. The molecule has 0 atom stereocenters. The van der Waals surface area contributed by atoms with E-state index in [0.717, 1.165) is 24.2 Å². The van der Waals surface area contributed by atoms with E-state index in [1.165, 1.54) is 38.5 Å². The third-order valence-corrected chi connectivity index (χ3v) is 6.16. The van der Waals surface area contributed by atoms with Gasteiger partial charge in [-0.2, -0.15) is 0 Å². The molecule has 0 aromatic carbocycles. The minimum Gasteiger partial charge on any atom is -0.342 e. The SMILES string of the molecule is O=CN1CCN(C(=O)NC23CC4CC(CC(C4)C2)C3)CC1. The molecule has 5 nitrogen and oxygen atoms in total. The van der Waals surface area contributed by atoms with Crippen molar-refractivity contribution < 1.29 is 9.59 Å². The molecule has 5 rings (SSSR count). The minimum atomic E-state index is 0.0909. The molecule has 1 heterocycles. The summed E-state index contributed by atoms with van der Waals surface area (Å²) in [6.45, 7) is 2.66. The first-order chi connectivity index (χ1) is 10.2. The quantitative estimate of drug-likeness (QED) is 0.783. The molecule has 0 unspecified atom stereocenters. The molecular formula is C16H25N3O2. The summed E-state index contributed by atoms with van der Waals surface area (Å²) < 4.78 is 0. The summed E-state index contributed by atoms with van der Waals surface area (Å²) in [6, 6.07) is 0.0995. The van der Waals surface area contributed by atoms with Crippen LogP contribution in [0.2, 0.25) is 0 Å². The lowest BCUT2D eigenvalue weighted by Gasteiger charge is -2.57. The first kappa shape index (κ1) is 13.4. The maximum Gasteiger partial charge on any atom is 0.317 e. The van der Waals surface area contributed by atoms with E-state index in [2.05, 4.69) is 5.32 Å². The Balaban J connectivity index is 1.39. The predicted molar refractivity (Wildman–Crippen MR) is 78.6 cm³/mol. The van der Waals surface area contributed by atoms with Crippen molar-refractivity contribution in [3.8, 4) is 0 Å². The van der Waals surface area contributed by atoms with Crippen LogP contribution in [-0.2, 0) is 4.79 Å². The zero-order valence-electron chi connectivity index (χ0n) is 12.6. The maximum absolute atomic E-state index is 12.6. The van der Waals surface area contributed by atoms with E-state index in [1.807, 2.05) is 4.90 Å². The van der Waals surface area contributed by atoms with Gasteiger partial charge in [-0.3, -0.25) is 4.79 Å². The normalized spacial score (nSPS) is 41.2. The van der Waals surface area contributed by atoms with E-state index in [-0.39, 0.29) is 11.6 Å². The topological polar surface area (TPSA) is 52.7 Å². The van der Waals surface area contributed by atoms with Crippen LogP contribution in [0.15, 0.2) is 0 Å². The summed E-state index contributed by atoms with van der Waals surface area (Å²) in [5.41, 5.74) is 0.0909. The molecule has 3 amide bonds. The van der Waals surface area contributed by atoms with E-state index >= 15 is 0 Å². The number of hydrogen-bond acceptors (Lipinski definition) is 2. The lowest BCUT2D eigenvalue weighted by atomic mass is 9.53. The van der Waals surface area contributed by atoms with Crippen LogP contribution in [-0.4, -0.2) is 54.0 Å². The number of carbonyl (C=O) groups is 2. The molecule has 4 saturated carbocycles. The molecule has 0 aromatic heterocycles. The van der Waals surface area contributed by atoms with E-state index in [4.69, 9.17) is 0 Å². The predicted octanol–water partition coefficient (Wildman–Crippen LogP) is 1.44. The Labute approximate surface area is 126 Å². The maximum atomic E-state index is 12.6. The summed E-state index contributed by atoms with van der Waals surface area (Å²) in [5, 5.41) is 3.41. The number of piperazine rings is 1.